The number of aromatic amines is 1. The first-order chi connectivity index (χ1) is 15.6. The Hall–Kier alpha value is -2.96. The van der Waals surface area contributed by atoms with E-state index in [4.69, 9.17) is 0 Å². The number of alkyl halides is 3. The van der Waals surface area contributed by atoms with E-state index in [1.165, 1.54) is 11.3 Å². The third kappa shape index (κ3) is 5.02. The lowest BCUT2D eigenvalue weighted by atomic mass is 9.89. The molecule has 2 aliphatic rings. The van der Waals surface area contributed by atoms with Gasteiger partial charge >= 0.3 is 11.9 Å². The van der Waals surface area contributed by atoms with Crippen LogP contribution in [0.3, 0.4) is 0 Å². The molecule has 0 radical (unpaired) electrons. The van der Waals surface area contributed by atoms with Crippen molar-refractivity contribution in [2.24, 2.45) is 11.8 Å². The van der Waals surface area contributed by atoms with Crippen molar-refractivity contribution < 1.29 is 22.8 Å². The van der Waals surface area contributed by atoms with E-state index in [0.29, 0.717) is 12.1 Å². The number of carbonyl (C=O) groups excluding carboxylic acids is 2. The maximum Gasteiger partial charge on any atom is 0.393 e. The fraction of sp³-hybridized carbons (Fsp3) is 0.550. The van der Waals surface area contributed by atoms with Crippen LogP contribution in [0.2, 0.25) is 0 Å². The van der Waals surface area contributed by atoms with Crippen molar-refractivity contribution in [3.8, 4) is 0 Å². The monoisotopic (exact) mass is 485 g/mol. The predicted molar refractivity (Wildman–Crippen MR) is 112 cm³/mol. The van der Waals surface area contributed by atoms with Gasteiger partial charge < -0.3 is 10.2 Å². The molecule has 0 spiro atoms. The summed E-state index contributed by atoms with van der Waals surface area (Å²) in [5.41, 5.74) is 0.913. The largest absolute Gasteiger partial charge is 0.393 e. The molecule has 9 nitrogen and oxygen atoms in total. The van der Waals surface area contributed by atoms with Gasteiger partial charge in [-0.15, -0.1) is 11.3 Å². The Morgan fingerprint density at radius 2 is 2.06 bits per heavy atom. The minimum absolute atomic E-state index is 0.200. The Kier molecular flexibility index (Phi) is 6.41. The lowest BCUT2D eigenvalue weighted by Gasteiger charge is -2.24. The van der Waals surface area contributed by atoms with E-state index in [0.717, 1.165) is 39.4 Å². The topological polar surface area (TPSA) is 117 Å². The molecule has 3 heterocycles. The van der Waals surface area contributed by atoms with Crippen LogP contribution in [-0.2, 0) is 22.6 Å². The zero-order valence-electron chi connectivity index (χ0n) is 17.4. The summed E-state index contributed by atoms with van der Waals surface area (Å²) in [4.78, 5) is 56.6. The number of fused-ring (bicyclic) bond motifs is 1. The Morgan fingerprint density at radius 3 is 2.79 bits per heavy atom. The van der Waals surface area contributed by atoms with Crippen molar-refractivity contribution in [1.82, 2.24) is 24.8 Å². The van der Waals surface area contributed by atoms with E-state index in [1.54, 1.807) is 5.51 Å². The number of amides is 2. The van der Waals surface area contributed by atoms with Crippen LogP contribution in [0, 0.1) is 11.8 Å². The number of carbonyl (C=O) groups is 2. The second kappa shape index (κ2) is 9.12. The van der Waals surface area contributed by atoms with Crippen molar-refractivity contribution in [2.75, 3.05) is 19.6 Å². The van der Waals surface area contributed by atoms with Gasteiger partial charge in [0, 0.05) is 42.7 Å². The lowest BCUT2D eigenvalue weighted by Crippen LogP contribution is -2.40. The van der Waals surface area contributed by atoms with Gasteiger partial charge in [0.05, 0.1) is 23.0 Å². The highest BCUT2D eigenvalue weighted by atomic mass is 32.1. The molecule has 2 aromatic rings. The SMILES string of the molecule is O=C(NCC1CN(C(=O)Cn2ccc(=O)[nH]c2=O)CC1C(F)(F)F)C1CCCc2scnc21. The lowest BCUT2D eigenvalue weighted by molar-refractivity contribution is -0.180. The molecule has 1 fully saturated rings. The van der Waals surface area contributed by atoms with Crippen LogP contribution in [0.25, 0.3) is 0 Å². The zero-order chi connectivity index (χ0) is 23.8. The molecule has 4 rings (SSSR count). The van der Waals surface area contributed by atoms with Crippen molar-refractivity contribution in [2.45, 2.75) is 37.9 Å². The Labute approximate surface area is 189 Å². The number of hydrogen-bond donors (Lipinski definition) is 2. The molecular formula is C20H22F3N5O4S. The maximum atomic E-state index is 13.7. The number of aryl methyl sites for hydroxylation is 1. The third-order valence-corrected chi connectivity index (χ3v) is 7.08. The number of aromatic nitrogens is 3. The van der Waals surface area contributed by atoms with E-state index in [1.807, 2.05) is 4.98 Å². The smallest absolute Gasteiger partial charge is 0.355 e. The highest BCUT2D eigenvalue weighted by Crippen LogP contribution is 2.38. The number of likely N-dealkylation sites (tertiary alicyclic amines) is 1. The first-order valence-electron chi connectivity index (χ1n) is 10.5. The molecule has 3 atom stereocenters. The number of H-pyrrole nitrogens is 1. The van der Waals surface area contributed by atoms with Crippen molar-refractivity contribution in [3.63, 3.8) is 0 Å². The number of nitrogens with one attached hydrogen (secondary N) is 2. The zero-order valence-corrected chi connectivity index (χ0v) is 18.2. The fourth-order valence-corrected chi connectivity index (χ4v) is 5.30. The molecule has 0 saturated carbocycles. The molecule has 1 saturated heterocycles. The molecule has 3 unspecified atom stereocenters. The molecule has 33 heavy (non-hydrogen) atoms. The van der Waals surface area contributed by atoms with Gasteiger partial charge in [0.25, 0.3) is 5.56 Å². The van der Waals surface area contributed by atoms with Crippen LogP contribution in [0.5, 0.6) is 0 Å². The number of halogens is 3. The van der Waals surface area contributed by atoms with Gasteiger partial charge in [-0.3, -0.25) is 23.9 Å². The Bertz CT molecular complexity index is 1160. The van der Waals surface area contributed by atoms with E-state index < -0.39 is 54.2 Å². The summed E-state index contributed by atoms with van der Waals surface area (Å²) in [7, 11) is 0. The van der Waals surface area contributed by atoms with Crippen LogP contribution in [0.4, 0.5) is 13.2 Å². The van der Waals surface area contributed by atoms with E-state index in [9.17, 15) is 32.3 Å². The van der Waals surface area contributed by atoms with Gasteiger partial charge in [-0.05, 0) is 19.3 Å². The van der Waals surface area contributed by atoms with Gasteiger partial charge in [-0.25, -0.2) is 9.78 Å². The van der Waals surface area contributed by atoms with Crippen molar-refractivity contribution in [1.29, 1.82) is 0 Å². The van der Waals surface area contributed by atoms with Crippen LogP contribution < -0.4 is 16.6 Å². The second-order valence-corrected chi connectivity index (χ2v) is 9.24. The molecule has 0 aromatic carbocycles. The Balaban J connectivity index is 1.42. The molecule has 1 aliphatic carbocycles. The standard InChI is InChI=1S/C20H22F3N5O4S/c21-20(22,23)13-8-28(16(30)9-27-5-4-15(29)26-19(27)32)7-11(13)6-24-18(31)12-2-1-3-14-17(12)25-10-33-14/h4-5,10-13H,1-3,6-9H2,(H,24,31)(H,26,29,32). The van der Waals surface area contributed by atoms with Gasteiger partial charge in [0.1, 0.15) is 6.54 Å². The third-order valence-electron chi connectivity index (χ3n) is 6.17. The van der Waals surface area contributed by atoms with Gasteiger partial charge in [0.2, 0.25) is 11.8 Å². The normalized spacial score (nSPS) is 22.8. The average molecular weight is 485 g/mol. The average Bonchev–Trinajstić information content (AvgIpc) is 3.40. The van der Waals surface area contributed by atoms with Crippen molar-refractivity contribution >= 4 is 23.2 Å². The van der Waals surface area contributed by atoms with Gasteiger partial charge in [-0.2, -0.15) is 13.2 Å². The first kappa shape index (κ1) is 23.2. The molecular weight excluding hydrogens is 463 g/mol. The van der Waals surface area contributed by atoms with Crippen LogP contribution in [0.1, 0.15) is 29.3 Å². The van der Waals surface area contributed by atoms with E-state index >= 15 is 0 Å². The minimum Gasteiger partial charge on any atom is -0.355 e. The molecule has 1 aliphatic heterocycles. The molecule has 13 heteroatoms. The summed E-state index contributed by atoms with van der Waals surface area (Å²) < 4.78 is 41.9. The van der Waals surface area contributed by atoms with Crippen LogP contribution >= 0.6 is 11.3 Å². The molecule has 2 N–H and O–H groups in total. The highest BCUT2D eigenvalue weighted by molar-refractivity contribution is 7.09. The highest BCUT2D eigenvalue weighted by Gasteiger charge is 2.50. The van der Waals surface area contributed by atoms with Crippen LogP contribution in [-0.4, -0.2) is 57.1 Å². The number of hydrogen-bond acceptors (Lipinski definition) is 6. The molecule has 2 aromatic heterocycles. The van der Waals surface area contributed by atoms with E-state index in [2.05, 4.69) is 10.3 Å². The molecule has 2 amide bonds. The molecule has 0 bridgehead atoms. The second-order valence-electron chi connectivity index (χ2n) is 8.30. The number of nitrogens with zero attached hydrogens (tertiary/aromatic N) is 3. The van der Waals surface area contributed by atoms with Gasteiger partial charge in [0.15, 0.2) is 0 Å². The Morgan fingerprint density at radius 1 is 1.27 bits per heavy atom. The quantitative estimate of drug-likeness (QED) is 0.652. The number of thiazole rings is 1. The summed E-state index contributed by atoms with van der Waals surface area (Å²) in [6, 6.07) is 1.05. The summed E-state index contributed by atoms with van der Waals surface area (Å²) in [6.07, 6.45) is -1.18. The first-order valence-corrected chi connectivity index (χ1v) is 11.4. The summed E-state index contributed by atoms with van der Waals surface area (Å²) in [5.74, 6) is -4.31. The number of rotatable bonds is 5. The van der Waals surface area contributed by atoms with Crippen molar-refractivity contribution in [3.05, 3.63) is 49.2 Å². The summed E-state index contributed by atoms with van der Waals surface area (Å²) in [6.45, 7) is -1.47. The summed E-state index contributed by atoms with van der Waals surface area (Å²) >= 11 is 1.47. The maximum absolute atomic E-state index is 13.7. The molecule has 178 valence electrons. The van der Waals surface area contributed by atoms with Crippen LogP contribution in [0.15, 0.2) is 27.4 Å². The van der Waals surface area contributed by atoms with E-state index in [-0.39, 0.29) is 19.0 Å². The minimum atomic E-state index is -4.55. The summed E-state index contributed by atoms with van der Waals surface area (Å²) in [5, 5.41) is 2.64. The fourth-order valence-electron chi connectivity index (χ4n) is 4.43. The van der Waals surface area contributed by atoms with Gasteiger partial charge in [-0.1, -0.05) is 0 Å². The predicted octanol–water partition coefficient (Wildman–Crippen LogP) is 0.866.